The number of hydrogen-bond donors (Lipinski definition) is 0. The Bertz CT molecular complexity index is 311. The van der Waals surface area contributed by atoms with Crippen molar-refractivity contribution < 1.29 is 0 Å². The van der Waals surface area contributed by atoms with Gasteiger partial charge in [0.1, 0.15) is 0 Å². The summed E-state index contributed by atoms with van der Waals surface area (Å²) < 4.78 is 0. The van der Waals surface area contributed by atoms with Gasteiger partial charge in [-0.3, -0.25) is 0 Å². The maximum atomic E-state index is 5.91. The van der Waals surface area contributed by atoms with E-state index in [4.69, 9.17) is 23.2 Å². The Morgan fingerprint density at radius 1 is 1.15 bits per heavy atom. The first-order valence-electron chi connectivity index (χ1n) is 4.19. The van der Waals surface area contributed by atoms with Crippen LogP contribution in [0.2, 0.25) is 10.3 Å². The molecule has 0 amide bonds. The third-order valence-corrected chi connectivity index (χ3v) is 2.30. The Balaban J connectivity index is 3.01. The zero-order valence-corrected chi connectivity index (χ0v) is 9.45. The first kappa shape index (κ1) is 10.7. The molecule has 0 spiro atoms. The van der Waals surface area contributed by atoms with Crippen molar-refractivity contribution in [1.29, 1.82) is 0 Å². The molecule has 0 fully saturated rings. The molecule has 0 aliphatic carbocycles. The summed E-state index contributed by atoms with van der Waals surface area (Å²) in [6.07, 6.45) is 0.811. The number of halogens is 2. The molecule has 2 nitrogen and oxygen atoms in total. The van der Waals surface area contributed by atoms with Gasteiger partial charge in [0.2, 0.25) is 0 Å². The smallest absolute Gasteiger partial charge is 0.150 e. The SMILES string of the molecule is Cc1nc(Cl)c(CC(C)C)nc1Cl. The minimum atomic E-state index is 0.444. The lowest BCUT2D eigenvalue weighted by atomic mass is 10.1. The van der Waals surface area contributed by atoms with Crippen LogP contribution in [0.1, 0.15) is 25.2 Å². The molecule has 0 bridgehead atoms. The number of aromatic nitrogens is 2. The molecule has 0 saturated carbocycles. The molecular formula is C9H12Cl2N2. The minimum absolute atomic E-state index is 0.444. The molecule has 72 valence electrons. The van der Waals surface area contributed by atoms with Crippen LogP contribution in [0, 0.1) is 12.8 Å². The van der Waals surface area contributed by atoms with Crippen LogP contribution in [0.5, 0.6) is 0 Å². The summed E-state index contributed by atoms with van der Waals surface area (Å²) >= 11 is 11.8. The van der Waals surface area contributed by atoms with E-state index >= 15 is 0 Å². The normalized spacial score (nSPS) is 10.9. The number of rotatable bonds is 2. The second-order valence-corrected chi connectivity index (χ2v) is 4.15. The Morgan fingerprint density at radius 2 is 1.77 bits per heavy atom. The lowest BCUT2D eigenvalue weighted by Crippen LogP contribution is -2.01. The van der Waals surface area contributed by atoms with Crippen molar-refractivity contribution in [3.8, 4) is 0 Å². The lowest BCUT2D eigenvalue weighted by Gasteiger charge is -2.07. The van der Waals surface area contributed by atoms with E-state index in [1.807, 2.05) is 0 Å². The largest absolute Gasteiger partial charge is 0.236 e. The van der Waals surface area contributed by atoms with Gasteiger partial charge in [-0.2, -0.15) is 0 Å². The van der Waals surface area contributed by atoms with Crippen LogP contribution in [-0.4, -0.2) is 9.97 Å². The molecule has 0 aliphatic heterocycles. The summed E-state index contributed by atoms with van der Waals surface area (Å²) in [5.74, 6) is 0.505. The molecule has 0 atom stereocenters. The van der Waals surface area contributed by atoms with E-state index in [0.717, 1.165) is 12.1 Å². The molecule has 0 N–H and O–H groups in total. The molecule has 1 aromatic rings. The summed E-state index contributed by atoms with van der Waals surface area (Å²) in [7, 11) is 0. The standard InChI is InChI=1S/C9H12Cl2N2/c1-5(2)4-7-9(11)12-6(3)8(10)13-7/h5H,4H2,1-3H3. The minimum Gasteiger partial charge on any atom is -0.236 e. The fraction of sp³-hybridized carbons (Fsp3) is 0.556. The Labute approximate surface area is 88.3 Å². The van der Waals surface area contributed by atoms with Crippen molar-refractivity contribution in [3.63, 3.8) is 0 Å². The van der Waals surface area contributed by atoms with Crippen LogP contribution in [-0.2, 0) is 6.42 Å². The van der Waals surface area contributed by atoms with E-state index in [9.17, 15) is 0 Å². The first-order chi connectivity index (χ1) is 6.00. The second-order valence-electron chi connectivity index (χ2n) is 3.44. The van der Waals surface area contributed by atoms with Crippen LogP contribution in [0.4, 0.5) is 0 Å². The topological polar surface area (TPSA) is 25.8 Å². The van der Waals surface area contributed by atoms with E-state index in [-0.39, 0.29) is 0 Å². The van der Waals surface area contributed by atoms with Crippen molar-refractivity contribution in [1.82, 2.24) is 9.97 Å². The summed E-state index contributed by atoms with van der Waals surface area (Å²) in [6.45, 7) is 6.00. The molecule has 0 aromatic carbocycles. The van der Waals surface area contributed by atoms with Crippen LogP contribution in [0.25, 0.3) is 0 Å². The summed E-state index contributed by atoms with van der Waals surface area (Å²) in [5.41, 5.74) is 1.46. The molecule has 0 saturated heterocycles. The highest BCUT2D eigenvalue weighted by atomic mass is 35.5. The Kier molecular flexibility index (Phi) is 3.51. The van der Waals surface area contributed by atoms with Crippen LogP contribution >= 0.6 is 23.2 Å². The van der Waals surface area contributed by atoms with Gasteiger partial charge in [-0.1, -0.05) is 37.0 Å². The predicted molar refractivity (Wildman–Crippen MR) is 55.3 cm³/mol. The van der Waals surface area contributed by atoms with Gasteiger partial charge >= 0.3 is 0 Å². The van der Waals surface area contributed by atoms with E-state index in [1.54, 1.807) is 6.92 Å². The Morgan fingerprint density at radius 3 is 2.31 bits per heavy atom. The molecule has 4 heteroatoms. The third kappa shape index (κ3) is 2.82. The van der Waals surface area contributed by atoms with Crippen molar-refractivity contribution >= 4 is 23.2 Å². The highest BCUT2D eigenvalue weighted by molar-refractivity contribution is 6.31. The molecule has 1 heterocycles. The van der Waals surface area contributed by atoms with Gasteiger partial charge in [0.15, 0.2) is 10.3 Å². The van der Waals surface area contributed by atoms with E-state index in [2.05, 4.69) is 23.8 Å². The molecular weight excluding hydrogens is 207 g/mol. The van der Waals surface area contributed by atoms with Gasteiger partial charge in [0.25, 0.3) is 0 Å². The number of aryl methyl sites for hydroxylation is 1. The molecule has 0 radical (unpaired) electrons. The molecule has 0 aliphatic rings. The summed E-state index contributed by atoms with van der Waals surface area (Å²) in [5, 5.41) is 0.913. The van der Waals surface area contributed by atoms with Gasteiger partial charge in [-0.05, 0) is 19.3 Å². The van der Waals surface area contributed by atoms with Gasteiger partial charge in [-0.15, -0.1) is 0 Å². The average Bonchev–Trinajstić information content (AvgIpc) is 1.99. The van der Waals surface area contributed by atoms with Crippen molar-refractivity contribution in [3.05, 3.63) is 21.7 Å². The monoisotopic (exact) mass is 218 g/mol. The van der Waals surface area contributed by atoms with Gasteiger partial charge in [-0.25, -0.2) is 9.97 Å². The molecule has 13 heavy (non-hydrogen) atoms. The van der Waals surface area contributed by atoms with E-state index < -0.39 is 0 Å². The average molecular weight is 219 g/mol. The molecule has 0 unspecified atom stereocenters. The zero-order valence-electron chi connectivity index (χ0n) is 7.93. The highest BCUT2D eigenvalue weighted by Crippen LogP contribution is 2.19. The zero-order chi connectivity index (χ0) is 10.0. The van der Waals surface area contributed by atoms with Crippen molar-refractivity contribution in [2.45, 2.75) is 27.2 Å². The number of hydrogen-bond acceptors (Lipinski definition) is 2. The summed E-state index contributed by atoms with van der Waals surface area (Å²) in [4.78, 5) is 8.28. The van der Waals surface area contributed by atoms with E-state index in [1.165, 1.54) is 0 Å². The van der Waals surface area contributed by atoms with Gasteiger partial charge < -0.3 is 0 Å². The first-order valence-corrected chi connectivity index (χ1v) is 4.94. The van der Waals surface area contributed by atoms with Crippen molar-refractivity contribution in [2.75, 3.05) is 0 Å². The van der Waals surface area contributed by atoms with Crippen molar-refractivity contribution in [2.24, 2.45) is 5.92 Å². The third-order valence-electron chi connectivity index (χ3n) is 1.64. The van der Waals surface area contributed by atoms with Crippen LogP contribution in [0.15, 0.2) is 0 Å². The fourth-order valence-corrected chi connectivity index (χ4v) is 1.41. The maximum absolute atomic E-state index is 5.91. The quantitative estimate of drug-likeness (QED) is 0.762. The molecule has 1 rings (SSSR count). The lowest BCUT2D eigenvalue weighted by molar-refractivity contribution is 0.632. The van der Waals surface area contributed by atoms with Crippen LogP contribution in [0.3, 0.4) is 0 Å². The molecule has 1 aromatic heterocycles. The predicted octanol–water partition coefficient (Wildman–Crippen LogP) is 3.29. The maximum Gasteiger partial charge on any atom is 0.150 e. The fourth-order valence-electron chi connectivity index (χ4n) is 1.02. The Hall–Kier alpha value is -0.340. The second kappa shape index (κ2) is 4.25. The number of nitrogens with zero attached hydrogens (tertiary/aromatic N) is 2. The van der Waals surface area contributed by atoms with E-state index in [0.29, 0.717) is 21.9 Å². The van der Waals surface area contributed by atoms with Gasteiger partial charge in [0.05, 0.1) is 11.4 Å². The van der Waals surface area contributed by atoms with Gasteiger partial charge in [0, 0.05) is 0 Å². The summed E-state index contributed by atoms with van der Waals surface area (Å²) in [6, 6.07) is 0. The van der Waals surface area contributed by atoms with Crippen LogP contribution < -0.4 is 0 Å². The highest BCUT2D eigenvalue weighted by Gasteiger charge is 2.09.